The van der Waals surface area contributed by atoms with Gasteiger partial charge in [0.25, 0.3) is 0 Å². The van der Waals surface area contributed by atoms with Crippen LogP contribution in [0.25, 0.3) is 0 Å². The lowest BCUT2D eigenvalue weighted by atomic mass is 10.00. The Balaban J connectivity index is 2.16. The highest BCUT2D eigenvalue weighted by molar-refractivity contribution is 5.79. The van der Waals surface area contributed by atoms with E-state index in [4.69, 9.17) is 4.74 Å². The van der Waals surface area contributed by atoms with Gasteiger partial charge in [-0.25, -0.2) is 0 Å². The summed E-state index contributed by atoms with van der Waals surface area (Å²) in [5, 5.41) is 0. The summed E-state index contributed by atoms with van der Waals surface area (Å²) >= 11 is 0. The van der Waals surface area contributed by atoms with Crippen LogP contribution in [-0.2, 0) is 16.1 Å². The van der Waals surface area contributed by atoms with Gasteiger partial charge in [-0.05, 0) is 11.5 Å². The quantitative estimate of drug-likeness (QED) is 0.687. The second-order valence-electron chi connectivity index (χ2n) is 4.62. The fraction of sp³-hybridized carbons (Fsp3) is 0.533. The van der Waals surface area contributed by atoms with Crippen molar-refractivity contribution >= 4 is 5.78 Å². The molecule has 0 amide bonds. The van der Waals surface area contributed by atoms with Gasteiger partial charge in [0, 0.05) is 6.42 Å². The summed E-state index contributed by atoms with van der Waals surface area (Å²) in [5.74, 6) is 0.690. The summed E-state index contributed by atoms with van der Waals surface area (Å²) in [5.41, 5.74) is 1.11. The highest BCUT2D eigenvalue weighted by Gasteiger charge is 2.08. The van der Waals surface area contributed by atoms with Crippen molar-refractivity contribution in [1.29, 1.82) is 0 Å². The molecule has 1 rings (SSSR count). The van der Waals surface area contributed by atoms with Crippen LogP contribution in [-0.4, -0.2) is 12.4 Å². The molecule has 0 N–H and O–H groups in total. The molecule has 0 spiro atoms. The van der Waals surface area contributed by atoms with E-state index in [0.717, 1.165) is 18.4 Å². The second-order valence-corrected chi connectivity index (χ2v) is 4.62. The maximum absolute atomic E-state index is 11.6. The minimum absolute atomic E-state index is 0.210. The summed E-state index contributed by atoms with van der Waals surface area (Å²) in [6.07, 6.45) is 2.90. The average Bonchev–Trinajstić information content (AvgIpc) is 2.30. The van der Waals surface area contributed by atoms with Crippen LogP contribution in [0.5, 0.6) is 0 Å². The van der Waals surface area contributed by atoms with Crippen molar-refractivity contribution in [2.75, 3.05) is 6.61 Å². The third-order valence-electron chi connectivity index (χ3n) is 2.73. The van der Waals surface area contributed by atoms with Gasteiger partial charge in [0.1, 0.15) is 6.61 Å². The summed E-state index contributed by atoms with van der Waals surface area (Å²) < 4.78 is 5.41. The fourth-order valence-electron chi connectivity index (χ4n) is 1.90. The van der Waals surface area contributed by atoms with Crippen LogP contribution in [0.2, 0.25) is 0 Å². The molecule has 0 saturated carbocycles. The monoisotopic (exact) mass is 234 g/mol. The SMILES string of the molecule is CCCC(C)CC(=O)COCc1ccccc1. The zero-order valence-electron chi connectivity index (χ0n) is 10.8. The Morgan fingerprint density at radius 3 is 2.65 bits per heavy atom. The van der Waals surface area contributed by atoms with E-state index in [1.54, 1.807) is 0 Å². The number of carbonyl (C=O) groups excluding carboxylic acids is 1. The van der Waals surface area contributed by atoms with Gasteiger partial charge in [-0.3, -0.25) is 4.79 Å². The van der Waals surface area contributed by atoms with E-state index < -0.39 is 0 Å². The molecule has 2 nitrogen and oxygen atoms in total. The topological polar surface area (TPSA) is 26.3 Å². The van der Waals surface area contributed by atoms with Gasteiger partial charge >= 0.3 is 0 Å². The maximum atomic E-state index is 11.6. The van der Waals surface area contributed by atoms with Gasteiger partial charge in [0.15, 0.2) is 5.78 Å². The van der Waals surface area contributed by atoms with Crippen molar-refractivity contribution in [1.82, 2.24) is 0 Å². The molecule has 94 valence electrons. The van der Waals surface area contributed by atoms with E-state index in [-0.39, 0.29) is 12.4 Å². The summed E-state index contributed by atoms with van der Waals surface area (Å²) in [6, 6.07) is 9.93. The first-order valence-corrected chi connectivity index (χ1v) is 6.35. The van der Waals surface area contributed by atoms with Gasteiger partial charge in [0.2, 0.25) is 0 Å². The largest absolute Gasteiger partial charge is 0.369 e. The van der Waals surface area contributed by atoms with E-state index in [2.05, 4.69) is 13.8 Å². The Labute approximate surface area is 104 Å². The Morgan fingerprint density at radius 2 is 2.00 bits per heavy atom. The molecule has 1 aromatic rings. The molecule has 0 radical (unpaired) electrons. The molecule has 0 heterocycles. The predicted molar refractivity (Wildman–Crippen MR) is 69.8 cm³/mol. The lowest BCUT2D eigenvalue weighted by Gasteiger charge is -2.09. The molecule has 1 aromatic carbocycles. The van der Waals surface area contributed by atoms with Gasteiger partial charge < -0.3 is 4.74 Å². The molecule has 0 aromatic heterocycles. The summed E-state index contributed by atoms with van der Waals surface area (Å²) in [4.78, 5) is 11.6. The van der Waals surface area contributed by atoms with Crippen LogP contribution in [0, 0.1) is 5.92 Å². The van der Waals surface area contributed by atoms with Crippen LogP contribution in [0.4, 0.5) is 0 Å². The molecule has 1 atom stereocenters. The van der Waals surface area contributed by atoms with Crippen molar-refractivity contribution < 1.29 is 9.53 Å². The van der Waals surface area contributed by atoms with Crippen molar-refractivity contribution in [2.45, 2.75) is 39.7 Å². The van der Waals surface area contributed by atoms with E-state index >= 15 is 0 Å². The zero-order chi connectivity index (χ0) is 12.5. The van der Waals surface area contributed by atoms with Crippen molar-refractivity contribution in [2.24, 2.45) is 5.92 Å². The number of hydrogen-bond acceptors (Lipinski definition) is 2. The number of ether oxygens (including phenoxy) is 1. The number of carbonyl (C=O) groups is 1. The molecule has 0 aliphatic heterocycles. The molecule has 0 fully saturated rings. The average molecular weight is 234 g/mol. The van der Waals surface area contributed by atoms with Crippen LogP contribution >= 0.6 is 0 Å². The Bertz CT molecular complexity index is 319. The lowest BCUT2D eigenvalue weighted by molar-refractivity contribution is -0.124. The molecule has 1 unspecified atom stereocenters. The van der Waals surface area contributed by atoms with E-state index in [1.807, 2.05) is 30.3 Å². The van der Waals surface area contributed by atoms with Crippen LogP contribution in [0.15, 0.2) is 30.3 Å². The molecule has 0 bridgehead atoms. The van der Waals surface area contributed by atoms with Crippen LogP contribution in [0.3, 0.4) is 0 Å². The Morgan fingerprint density at radius 1 is 1.29 bits per heavy atom. The van der Waals surface area contributed by atoms with Crippen LogP contribution in [0.1, 0.15) is 38.7 Å². The van der Waals surface area contributed by atoms with Crippen molar-refractivity contribution in [3.05, 3.63) is 35.9 Å². The molecule has 0 saturated heterocycles. The van der Waals surface area contributed by atoms with Gasteiger partial charge in [-0.15, -0.1) is 0 Å². The minimum atomic E-state index is 0.210. The first-order chi connectivity index (χ1) is 8.22. The lowest BCUT2D eigenvalue weighted by Crippen LogP contribution is -2.12. The van der Waals surface area contributed by atoms with E-state index in [1.165, 1.54) is 0 Å². The molecule has 17 heavy (non-hydrogen) atoms. The Hall–Kier alpha value is -1.15. The first-order valence-electron chi connectivity index (χ1n) is 6.35. The second kappa shape index (κ2) is 8.02. The highest BCUT2D eigenvalue weighted by atomic mass is 16.5. The number of ketones is 1. The smallest absolute Gasteiger partial charge is 0.158 e. The van der Waals surface area contributed by atoms with Gasteiger partial charge in [0.05, 0.1) is 6.61 Å². The molecule has 2 heteroatoms. The van der Waals surface area contributed by atoms with Crippen molar-refractivity contribution in [3.8, 4) is 0 Å². The summed E-state index contributed by atoms with van der Waals surface area (Å²) in [7, 11) is 0. The third kappa shape index (κ3) is 6.22. The van der Waals surface area contributed by atoms with Gasteiger partial charge in [-0.1, -0.05) is 57.0 Å². The third-order valence-corrected chi connectivity index (χ3v) is 2.73. The highest BCUT2D eigenvalue weighted by Crippen LogP contribution is 2.10. The number of rotatable bonds is 8. The fourth-order valence-corrected chi connectivity index (χ4v) is 1.90. The Kier molecular flexibility index (Phi) is 6.56. The predicted octanol–water partition coefficient (Wildman–Crippen LogP) is 3.60. The van der Waals surface area contributed by atoms with E-state index in [0.29, 0.717) is 18.9 Å². The summed E-state index contributed by atoms with van der Waals surface area (Å²) in [6.45, 7) is 5.03. The van der Waals surface area contributed by atoms with E-state index in [9.17, 15) is 4.79 Å². The van der Waals surface area contributed by atoms with Crippen molar-refractivity contribution in [3.63, 3.8) is 0 Å². The first kappa shape index (κ1) is 13.9. The number of Topliss-reactive ketones (excluding diaryl/α,β-unsaturated/α-hetero) is 1. The molecular weight excluding hydrogens is 212 g/mol. The minimum Gasteiger partial charge on any atom is -0.369 e. The molecule has 0 aliphatic carbocycles. The zero-order valence-corrected chi connectivity index (χ0v) is 10.8. The number of benzene rings is 1. The number of hydrogen-bond donors (Lipinski definition) is 0. The normalized spacial score (nSPS) is 12.4. The molecule has 0 aliphatic rings. The van der Waals surface area contributed by atoms with Gasteiger partial charge in [-0.2, -0.15) is 0 Å². The van der Waals surface area contributed by atoms with Crippen LogP contribution < -0.4 is 0 Å². The maximum Gasteiger partial charge on any atom is 0.158 e. The molecular formula is C15H22O2. The standard InChI is InChI=1S/C15H22O2/c1-3-7-13(2)10-15(16)12-17-11-14-8-5-4-6-9-14/h4-6,8-9,13H,3,7,10-12H2,1-2H3.